The topological polar surface area (TPSA) is 95.9 Å². The van der Waals surface area contributed by atoms with Crippen LogP contribution in [0.1, 0.15) is 30.9 Å². The second-order valence-electron chi connectivity index (χ2n) is 8.25. The van der Waals surface area contributed by atoms with Crippen LogP contribution in [-0.2, 0) is 14.3 Å². The van der Waals surface area contributed by atoms with E-state index in [4.69, 9.17) is 9.84 Å². The Morgan fingerprint density at radius 3 is 2.17 bits per heavy atom. The fraction of sp³-hybridized carbons (Fsp3) is 0.348. The number of hydrogen-bond acceptors (Lipinski definition) is 4. The second-order valence-corrected chi connectivity index (χ2v) is 8.25. The van der Waals surface area contributed by atoms with Crippen molar-refractivity contribution in [1.29, 1.82) is 0 Å². The van der Waals surface area contributed by atoms with E-state index in [2.05, 4.69) is 17.4 Å². The first-order valence-corrected chi connectivity index (χ1v) is 9.94. The van der Waals surface area contributed by atoms with Crippen molar-refractivity contribution in [3.05, 3.63) is 59.7 Å². The zero-order valence-electron chi connectivity index (χ0n) is 16.9. The highest BCUT2D eigenvalue weighted by Gasteiger charge is 2.48. The zero-order valence-corrected chi connectivity index (χ0v) is 16.9. The Balaban J connectivity index is 1.34. The average molecular weight is 408 g/mol. The summed E-state index contributed by atoms with van der Waals surface area (Å²) in [5, 5.41) is 11.7. The molecular formula is C23H24N2O5. The largest absolute Gasteiger partial charge is 0.481 e. The third-order valence-electron chi connectivity index (χ3n) is 5.96. The van der Waals surface area contributed by atoms with Crippen molar-refractivity contribution in [3.63, 3.8) is 0 Å². The van der Waals surface area contributed by atoms with Gasteiger partial charge in [-0.15, -0.1) is 0 Å². The molecule has 7 heteroatoms. The van der Waals surface area contributed by atoms with Gasteiger partial charge in [0.1, 0.15) is 12.6 Å². The molecule has 156 valence electrons. The Labute approximate surface area is 174 Å². The molecule has 1 saturated heterocycles. The van der Waals surface area contributed by atoms with Gasteiger partial charge in [0.2, 0.25) is 5.91 Å². The highest BCUT2D eigenvalue weighted by atomic mass is 16.5. The summed E-state index contributed by atoms with van der Waals surface area (Å²) in [5.41, 5.74) is 3.60. The van der Waals surface area contributed by atoms with Crippen LogP contribution in [0.25, 0.3) is 11.1 Å². The van der Waals surface area contributed by atoms with Gasteiger partial charge in [-0.3, -0.25) is 9.59 Å². The van der Waals surface area contributed by atoms with Crippen molar-refractivity contribution in [1.82, 2.24) is 10.2 Å². The van der Waals surface area contributed by atoms with Gasteiger partial charge in [0, 0.05) is 19.0 Å². The molecule has 7 nitrogen and oxygen atoms in total. The predicted octanol–water partition coefficient (Wildman–Crippen LogP) is 2.85. The first kappa shape index (κ1) is 19.9. The Morgan fingerprint density at radius 2 is 1.63 bits per heavy atom. The van der Waals surface area contributed by atoms with Crippen molar-refractivity contribution in [3.8, 4) is 11.1 Å². The van der Waals surface area contributed by atoms with Crippen LogP contribution in [0.15, 0.2) is 48.5 Å². The maximum absolute atomic E-state index is 12.4. The van der Waals surface area contributed by atoms with Gasteiger partial charge in [0.15, 0.2) is 0 Å². The summed E-state index contributed by atoms with van der Waals surface area (Å²) in [6.45, 7) is 3.61. The maximum atomic E-state index is 12.4. The van der Waals surface area contributed by atoms with E-state index in [-0.39, 0.29) is 31.5 Å². The number of hydrogen-bond donors (Lipinski definition) is 2. The van der Waals surface area contributed by atoms with E-state index >= 15 is 0 Å². The van der Waals surface area contributed by atoms with Gasteiger partial charge in [0.05, 0.1) is 5.41 Å². The average Bonchev–Trinajstić information content (AvgIpc) is 3.03. The fourth-order valence-corrected chi connectivity index (χ4v) is 4.24. The number of carbonyl (C=O) groups excluding carboxylic acids is 2. The summed E-state index contributed by atoms with van der Waals surface area (Å²) in [4.78, 5) is 37.3. The van der Waals surface area contributed by atoms with Gasteiger partial charge in [-0.1, -0.05) is 48.5 Å². The molecule has 1 aliphatic heterocycles. The van der Waals surface area contributed by atoms with Crippen LogP contribution in [-0.4, -0.2) is 53.7 Å². The number of likely N-dealkylation sites (tertiary alicyclic amines) is 1. The predicted molar refractivity (Wildman–Crippen MR) is 110 cm³/mol. The van der Waals surface area contributed by atoms with Crippen LogP contribution < -0.4 is 5.32 Å². The number of nitrogens with one attached hydrogen (secondary N) is 1. The Hall–Kier alpha value is -3.35. The minimum Gasteiger partial charge on any atom is -0.481 e. The Morgan fingerprint density at radius 1 is 1.10 bits per heavy atom. The van der Waals surface area contributed by atoms with Crippen LogP contribution in [0.3, 0.4) is 0 Å². The second kappa shape index (κ2) is 7.48. The first-order chi connectivity index (χ1) is 14.3. The highest BCUT2D eigenvalue weighted by Crippen LogP contribution is 2.44. The molecule has 0 spiro atoms. The number of benzene rings is 2. The van der Waals surface area contributed by atoms with E-state index in [1.54, 1.807) is 13.8 Å². The monoisotopic (exact) mass is 408 g/mol. The number of carbonyl (C=O) groups is 3. The number of rotatable bonds is 5. The highest BCUT2D eigenvalue weighted by molar-refractivity contribution is 5.88. The van der Waals surface area contributed by atoms with E-state index in [1.165, 1.54) is 4.90 Å². The summed E-state index contributed by atoms with van der Waals surface area (Å²) in [6, 6.07) is 15.3. The van der Waals surface area contributed by atoms with Crippen LogP contribution in [0.4, 0.5) is 4.79 Å². The van der Waals surface area contributed by atoms with Crippen LogP contribution in [0, 0.1) is 5.41 Å². The Kier molecular flexibility index (Phi) is 4.97. The number of carboxylic acid groups (broad SMARTS) is 1. The van der Waals surface area contributed by atoms with Crippen molar-refractivity contribution in [2.75, 3.05) is 19.7 Å². The lowest BCUT2D eigenvalue weighted by Crippen LogP contribution is -2.63. The number of carboxylic acids is 1. The van der Waals surface area contributed by atoms with Crippen molar-refractivity contribution in [2.24, 2.45) is 5.41 Å². The van der Waals surface area contributed by atoms with Gasteiger partial charge < -0.3 is 20.1 Å². The zero-order chi connectivity index (χ0) is 21.5. The van der Waals surface area contributed by atoms with Gasteiger partial charge >= 0.3 is 12.1 Å². The molecule has 2 aromatic rings. The lowest BCUT2D eigenvalue weighted by atomic mass is 9.82. The molecule has 4 rings (SSSR count). The summed E-state index contributed by atoms with van der Waals surface area (Å²) in [7, 11) is 0. The number of ether oxygens (including phenoxy) is 1. The lowest BCUT2D eigenvalue weighted by Gasteiger charge is -2.45. The minimum atomic E-state index is -0.927. The summed E-state index contributed by atoms with van der Waals surface area (Å²) >= 11 is 0. The molecule has 2 N–H and O–H groups in total. The number of aliphatic carboxylic acids is 1. The molecular weight excluding hydrogens is 384 g/mol. The molecule has 0 saturated carbocycles. The minimum absolute atomic E-state index is 0.0548. The molecule has 0 aromatic heterocycles. The molecule has 2 aliphatic rings. The summed E-state index contributed by atoms with van der Waals surface area (Å²) < 4.78 is 5.46. The van der Waals surface area contributed by atoms with Crippen molar-refractivity contribution in [2.45, 2.75) is 25.8 Å². The van der Waals surface area contributed by atoms with Gasteiger partial charge in [0.25, 0.3) is 0 Å². The smallest absolute Gasteiger partial charge is 0.407 e. The molecule has 1 heterocycles. The maximum Gasteiger partial charge on any atom is 0.407 e. The van der Waals surface area contributed by atoms with Crippen molar-refractivity contribution >= 4 is 18.0 Å². The standard InChI is InChI=1S/C23H24N2O5/c1-14(20(26)25-12-23(2,13-25)21(27)28)24-22(29)30-11-19-17-9-5-3-7-15(17)16-8-4-6-10-18(16)19/h3-10,14,19H,11-13H2,1-2H3,(H,24,29)(H,27,28)/t14-/m0/s1. The van der Waals surface area contributed by atoms with Crippen LogP contribution in [0.5, 0.6) is 0 Å². The lowest BCUT2D eigenvalue weighted by molar-refractivity contribution is -0.164. The molecule has 2 amide bonds. The molecule has 0 radical (unpaired) electrons. The summed E-state index contributed by atoms with van der Waals surface area (Å²) in [5.74, 6) is -1.30. The normalized spacial score (nSPS) is 17.3. The Bertz CT molecular complexity index is 967. The quantitative estimate of drug-likeness (QED) is 0.793. The van der Waals surface area contributed by atoms with Crippen molar-refractivity contribution < 1.29 is 24.2 Å². The number of amides is 2. The number of nitrogens with zero attached hydrogens (tertiary/aromatic N) is 1. The van der Waals surface area contributed by atoms with Gasteiger partial charge in [-0.05, 0) is 36.1 Å². The number of fused-ring (bicyclic) bond motifs is 3. The molecule has 0 unspecified atom stereocenters. The third kappa shape index (κ3) is 3.40. The van der Waals surface area contributed by atoms with Crippen LogP contribution >= 0.6 is 0 Å². The molecule has 30 heavy (non-hydrogen) atoms. The SMILES string of the molecule is C[C@H](NC(=O)OCC1c2ccccc2-c2ccccc21)C(=O)N1CC(C)(C(=O)O)C1. The molecule has 1 aliphatic carbocycles. The van der Waals surface area contributed by atoms with E-state index in [1.807, 2.05) is 36.4 Å². The number of alkyl carbamates (subject to hydrolysis) is 1. The molecule has 0 bridgehead atoms. The van der Waals surface area contributed by atoms with Crippen LogP contribution in [0.2, 0.25) is 0 Å². The fourth-order valence-electron chi connectivity index (χ4n) is 4.24. The first-order valence-electron chi connectivity index (χ1n) is 9.94. The van der Waals surface area contributed by atoms with E-state index in [0.29, 0.717) is 0 Å². The van der Waals surface area contributed by atoms with Gasteiger partial charge in [-0.2, -0.15) is 0 Å². The van der Waals surface area contributed by atoms with E-state index in [9.17, 15) is 14.4 Å². The van der Waals surface area contributed by atoms with E-state index in [0.717, 1.165) is 22.3 Å². The summed E-state index contributed by atoms with van der Waals surface area (Å²) in [6.07, 6.45) is -0.667. The molecule has 1 fully saturated rings. The molecule has 2 aromatic carbocycles. The molecule has 1 atom stereocenters. The van der Waals surface area contributed by atoms with Gasteiger partial charge in [-0.25, -0.2) is 4.79 Å². The van der Waals surface area contributed by atoms with E-state index < -0.39 is 23.5 Å². The third-order valence-corrected chi connectivity index (χ3v) is 5.96.